The zero-order valence-corrected chi connectivity index (χ0v) is 15.4. The minimum Gasteiger partial charge on any atom is -0.489 e. The summed E-state index contributed by atoms with van der Waals surface area (Å²) in [7, 11) is 0. The Labute approximate surface area is 157 Å². The predicted octanol–water partition coefficient (Wildman–Crippen LogP) is 2.56. The minimum atomic E-state index is -0.374. The molecule has 26 heavy (non-hydrogen) atoms. The summed E-state index contributed by atoms with van der Waals surface area (Å²) < 4.78 is 5.68. The Hall–Kier alpha value is -2.93. The van der Waals surface area contributed by atoms with Gasteiger partial charge < -0.3 is 10.1 Å². The normalized spacial score (nSPS) is 10.1. The molecule has 0 aromatic heterocycles. The number of hydrogen-bond donors (Lipinski definition) is 3. The van der Waals surface area contributed by atoms with Crippen molar-refractivity contribution in [3.63, 3.8) is 0 Å². The molecule has 0 radical (unpaired) electrons. The zero-order chi connectivity index (χ0) is 18.9. The number of thiocarbonyl (C=S) groups is 1. The quantitative estimate of drug-likeness (QED) is 0.556. The van der Waals surface area contributed by atoms with E-state index in [0.717, 1.165) is 5.56 Å². The number of amides is 2. The van der Waals surface area contributed by atoms with Crippen LogP contribution in [-0.4, -0.2) is 16.9 Å². The highest BCUT2D eigenvalue weighted by Gasteiger charge is 2.10. The molecule has 0 saturated carbocycles. The van der Waals surface area contributed by atoms with Gasteiger partial charge in [0, 0.05) is 11.5 Å². The summed E-state index contributed by atoms with van der Waals surface area (Å²) >= 11 is 4.94. The van der Waals surface area contributed by atoms with Gasteiger partial charge in [0.15, 0.2) is 5.11 Å². The number of rotatable bonds is 5. The van der Waals surface area contributed by atoms with Crippen molar-refractivity contribution < 1.29 is 14.3 Å². The van der Waals surface area contributed by atoms with Crippen LogP contribution in [0.3, 0.4) is 0 Å². The van der Waals surface area contributed by atoms with E-state index in [-0.39, 0.29) is 22.8 Å². The molecule has 2 aromatic rings. The Balaban J connectivity index is 1.80. The molecule has 0 aliphatic carbocycles. The molecule has 136 valence electrons. The SMILES string of the molecule is CC(C)C(=O)NC(=S)NNC(=O)c1ccc(OCc2ccccc2)cc1. The number of ether oxygens (including phenoxy) is 1. The summed E-state index contributed by atoms with van der Waals surface area (Å²) in [4.78, 5) is 23.6. The predicted molar refractivity (Wildman–Crippen MR) is 103 cm³/mol. The lowest BCUT2D eigenvalue weighted by molar-refractivity contribution is -0.122. The van der Waals surface area contributed by atoms with Crippen LogP contribution in [0.5, 0.6) is 5.75 Å². The van der Waals surface area contributed by atoms with Crippen molar-refractivity contribution in [2.75, 3.05) is 0 Å². The third-order valence-corrected chi connectivity index (χ3v) is 3.62. The van der Waals surface area contributed by atoms with E-state index in [4.69, 9.17) is 17.0 Å². The molecule has 2 aromatic carbocycles. The van der Waals surface area contributed by atoms with Gasteiger partial charge in [0.1, 0.15) is 12.4 Å². The van der Waals surface area contributed by atoms with E-state index in [1.807, 2.05) is 30.3 Å². The molecule has 2 amide bonds. The van der Waals surface area contributed by atoms with Gasteiger partial charge in [-0.3, -0.25) is 20.4 Å². The van der Waals surface area contributed by atoms with Crippen LogP contribution in [-0.2, 0) is 11.4 Å². The Kier molecular flexibility index (Phi) is 7.11. The van der Waals surface area contributed by atoms with Crippen LogP contribution < -0.4 is 20.9 Å². The number of hydrogen-bond acceptors (Lipinski definition) is 4. The second-order valence-electron chi connectivity index (χ2n) is 5.85. The third-order valence-electron chi connectivity index (χ3n) is 3.42. The van der Waals surface area contributed by atoms with Gasteiger partial charge >= 0.3 is 0 Å². The lowest BCUT2D eigenvalue weighted by atomic mass is 10.2. The first-order chi connectivity index (χ1) is 12.5. The van der Waals surface area contributed by atoms with Crippen LogP contribution in [0.25, 0.3) is 0 Å². The highest BCUT2D eigenvalue weighted by molar-refractivity contribution is 7.80. The second-order valence-corrected chi connectivity index (χ2v) is 6.26. The Morgan fingerprint density at radius 2 is 1.65 bits per heavy atom. The van der Waals surface area contributed by atoms with Crippen LogP contribution in [0.2, 0.25) is 0 Å². The van der Waals surface area contributed by atoms with Crippen molar-refractivity contribution in [2.24, 2.45) is 5.92 Å². The molecule has 0 heterocycles. The summed E-state index contributed by atoms with van der Waals surface area (Å²) in [6.45, 7) is 3.95. The van der Waals surface area contributed by atoms with Crippen LogP contribution in [0, 0.1) is 5.92 Å². The van der Waals surface area contributed by atoms with E-state index in [9.17, 15) is 9.59 Å². The molecular weight excluding hydrogens is 350 g/mol. The largest absolute Gasteiger partial charge is 0.489 e. The van der Waals surface area contributed by atoms with Gasteiger partial charge in [-0.2, -0.15) is 0 Å². The summed E-state index contributed by atoms with van der Waals surface area (Å²) in [5.41, 5.74) is 6.43. The first kappa shape index (κ1) is 19.4. The lowest BCUT2D eigenvalue weighted by Gasteiger charge is -2.12. The molecule has 2 rings (SSSR count). The lowest BCUT2D eigenvalue weighted by Crippen LogP contribution is -2.49. The number of hydrazine groups is 1. The Morgan fingerprint density at radius 1 is 1.00 bits per heavy atom. The molecular formula is C19H21N3O3S. The van der Waals surface area contributed by atoms with E-state index in [2.05, 4.69) is 16.2 Å². The van der Waals surface area contributed by atoms with Crippen LogP contribution >= 0.6 is 12.2 Å². The monoisotopic (exact) mass is 371 g/mol. The van der Waals surface area contributed by atoms with Crippen molar-refractivity contribution in [1.82, 2.24) is 16.2 Å². The molecule has 0 atom stereocenters. The van der Waals surface area contributed by atoms with Gasteiger partial charge in [0.05, 0.1) is 0 Å². The first-order valence-corrected chi connectivity index (χ1v) is 8.54. The number of benzene rings is 2. The van der Waals surface area contributed by atoms with E-state index in [1.165, 1.54) is 0 Å². The molecule has 0 unspecified atom stereocenters. The maximum absolute atomic E-state index is 12.1. The molecule has 7 heteroatoms. The maximum Gasteiger partial charge on any atom is 0.269 e. The van der Waals surface area contributed by atoms with Crippen molar-refractivity contribution in [1.29, 1.82) is 0 Å². The number of carbonyl (C=O) groups is 2. The summed E-state index contributed by atoms with van der Waals surface area (Å²) in [5.74, 6) is -0.135. The Morgan fingerprint density at radius 3 is 2.27 bits per heavy atom. The highest BCUT2D eigenvalue weighted by atomic mass is 32.1. The fourth-order valence-electron chi connectivity index (χ4n) is 1.92. The van der Waals surface area contributed by atoms with Gasteiger partial charge in [-0.05, 0) is 42.0 Å². The van der Waals surface area contributed by atoms with E-state index in [1.54, 1.807) is 38.1 Å². The minimum absolute atomic E-state index is 0.0415. The standard InChI is InChI=1S/C19H21N3O3S/c1-13(2)17(23)20-19(26)22-21-18(24)15-8-10-16(11-9-15)25-12-14-6-4-3-5-7-14/h3-11,13H,12H2,1-2H3,(H,21,24)(H2,20,22,23,26). The summed E-state index contributed by atoms with van der Waals surface area (Å²) in [6, 6.07) is 16.5. The number of carbonyl (C=O) groups excluding carboxylic acids is 2. The zero-order valence-electron chi connectivity index (χ0n) is 14.6. The van der Waals surface area contributed by atoms with Crippen molar-refractivity contribution in [3.05, 3.63) is 65.7 Å². The molecule has 3 N–H and O–H groups in total. The topological polar surface area (TPSA) is 79.5 Å². The van der Waals surface area contributed by atoms with Gasteiger partial charge in [0.25, 0.3) is 5.91 Å². The molecule has 0 aliphatic heterocycles. The molecule has 0 saturated heterocycles. The fourth-order valence-corrected chi connectivity index (χ4v) is 2.07. The molecule has 0 spiro atoms. The van der Waals surface area contributed by atoms with Gasteiger partial charge in [-0.15, -0.1) is 0 Å². The van der Waals surface area contributed by atoms with E-state index in [0.29, 0.717) is 17.9 Å². The highest BCUT2D eigenvalue weighted by Crippen LogP contribution is 2.14. The van der Waals surface area contributed by atoms with E-state index >= 15 is 0 Å². The summed E-state index contributed by atoms with van der Waals surface area (Å²) in [5, 5.41) is 2.52. The Bertz CT molecular complexity index is 761. The van der Waals surface area contributed by atoms with Crippen molar-refractivity contribution in [3.8, 4) is 5.75 Å². The molecule has 0 bridgehead atoms. The smallest absolute Gasteiger partial charge is 0.269 e. The average molecular weight is 371 g/mol. The van der Waals surface area contributed by atoms with Gasteiger partial charge in [0.2, 0.25) is 5.91 Å². The summed E-state index contributed by atoms with van der Waals surface area (Å²) in [6.07, 6.45) is 0. The van der Waals surface area contributed by atoms with E-state index < -0.39 is 0 Å². The first-order valence-electron chi connectivity index (χ1n) is 8.13. The van der Waals surface area contributed by atoms with Crippen LogP contribution in [0.4, 0.5) is 0 Å². The van der Waals surface area contributed by atoms with Crippen molar-refractivity contribution in [2.45, 2.75) is 20.5 Å². The second kappa shape index (κ2) is 9.53. The molecule has 0 fully saturated rings. The fraction of sp³-hybridized carbons (Fsp3) is 0.211. The van der Waals surface area contributed by atoms with Crippen LogP contribution in [0.1, 0.15) is 29.8 Å². The number of nitrogens with one attached hydrogen (secondary N) is 3. The van der Waals surface area contributed by atoms with Gasteiger partial charge in [-0.1, -0.05) is 44.2 Å². The van der Waals surface area contributed by atoms with Crippen molar-refractivity contribution >= 4 is 29.1 Å². The third kappa shape index (κ3) is 6.18. The van der Waals surface area contributed by atoms with Gasteiger partial charge in [-0.25, -0.2) is 0 Å². The van der Waals surface area contributed by atoms with Crippen LogP contribution in [0.15, 0.2) is 54.6 Å². The maximum atomic E-state index is 12.1. The molecule has 0 aliphatic rings. The molecule has 6 nitrogen and oxygen atoms in total. The average Bonchev–Trinajstić information content (AvgIpc) is 2.65.